The number of benzene rings is 6. The van der Waals surface area contributed by atoms with Gasteiger partial charge in [0.25, 0.3) is 17.5 Å². The van der Waals surface area contributed by atoms with Crippen LogP contribution in [0.25, 0.3) is 28.2 Å². The van der Waals surface area contributed by atoms with Crippen molar-refractivity contribution >= 4 is 57.5 Å². The van der Waals surface area contributed by atoms with Crippen molar-refractivity contribution in [2.45, 2.75) is 0 Å². The highest BCUT2D eigenvalue weighted by atomic mass is 16.6. The number of carbonyl (C=O) groups is 2. The van der Waals surface area contributed by atoms with Crippen LogP contribution in [-0.4, -0.2) is 47.6 Å². The van der Waals surface area contributed by atoms with Crippen LogP contribution in [0.4, 0.5) is 17.1 Å². The van der Waals surface area contributed by atoms with Crippen molar-refractivity contribution < 1.29 is 24.0 Å². The number of fused-ring (bicyclic) bond motifs is 1. The number of aromatic amines is 1. The summed E-state index contributed by atoms with van der Waals surface area (Å²) in [7, 11) is 2.97. The Labute approximate surface area is 343 Å². The molecule has 2 heterocycles. The fourth-order valence-corrected chi connectivity index (χ4v) is 6.65. The quantitative estimate of drug-likeness (QED) is 0.0327. The van der Waals surface area contributed by atoms with Crippen LogP contribution >= 0.6 is 0 Å². The molecule has 0 fully saturated rings. The van der Waals surface area contributed by atoms with Gasteiger partial charge in [-0.1, -0.05) is 84.9 Å². The number of non-ortho nitro benzene ring substituents is 1. The van der Waals surface area contributed by atoms with Crippen LogP contribution in [0.15, 0.2) is 178 Å². The minimum absolute atomic E-state index is 0.0243. The first-order chi connectivity index (χ1) is 29.3. The molecule has 6 aromatic carbocycles. The third-order valence-electron chi connectivity index (χ3n) is 9.58. The van der Waals surface area contributed by atoms with Crippen molar-refractivity contribution in [3.63, 3.8) is 0 Å². The van der Waals surface area contributed by atoms with Crippen molar-refractivity contribution in [3.05, 3.63) is 190 Å². The second-order valence-corrected chi connectivity index (χ2v) is 13.3. The first kappa shape index (κ1) is 38.4. The lowest BCUT2D eigenvalue weighted by molar-refractivity contribution is -0.384. The van der Waals surface area contributed by atoms with E-state index in [2.05, 4.69) is 25.7 Å². The molecule has 0 unspecified atom stereocenters. The number of nitro benzene ring substituents is 1. The standard InChI is InChI=1S/C46H34N8O6/c1-59-40-25-22-32(26-41(40)60-2)43(50-49-33-16-11-17-35(27-33)54(57)58)51-52-45(55)31-20-23-34(24-21-31)53-44(30-14-7-4-8-15-30)48-39(46(53)56)28-37-36-18-9-10-19-38(36)47-42(37)29-12-5-3-6-13-29/h3-28,47,49H,1-2H3/b39-28-,50-43+,52-51?. The van der Waals surface area contributed by atoms with Gasteiger partial charge in [0.05, 0.1) is 36.2 Å². The number of aromatic nitrogens is 1. The van der Waals surface area contributed by atoms with E-state index in [0.717, 1.165) is 33.3 Å². The van der Waals surface area contributed by atoms with E-state index in [4.69, 9.17) is 14.5 Å². The third-order valence-corrected chi connectivity index (χ3v) is 9.58. The highest BCUT2D eigenvalue weighted by Crippen LogP contribution is 2.35. The Kier molecular flexibility index (Phi) is 10.8. The van der Waals surface area contributed by atoms with Gasteiger partial charge in [0.2, 0.25) is 5.84 Å². The zero-order valence-electron chi connectivity index (χ0n) is 32.1. The Morgan fingerprint density at radius 2 is 1.45 bits per heavy atom. The van der Waals surface area contributed by atoms with Gasteiger partial charge < -0.3 is 14.5 Å². The minimum atomic E-state index is -0.692. The molecule has 0 atom stereocenters. The maximum atomic E-state index is 14.4. The van der Waals surface area contributed by atoms with Crippen LogP contribution < -0.4 is 19.8 Å². The van der Waals surface area contributed by atoms with Gasteiger partial charge in [0.1, 0.15) is 11.5 Å². The van der Waals surface area contributed by atoms with Gasteiger partial charge in [-0.3, -0.25) is 30.0 Å². The predicted molar refractivity (Wildman–Crippen MR) is 231 cm³/mol. The second-order valence-electron chi connectivity index (χ2n) is 13.3. The van der Waals surface area contributed by atoms with Gasteiger partial charge in [0, 0.05) is 45.3 Å². The maximum absolute atomic E-state index is 14.4. The van der Waals surface area contributed by atoms with E-state index >= 15 is 0 Å². The van der Waals surface area contributed by atoms with Crippen molar-refractivity contribution in [1.82, 2.24) is 4.98 Å². The summed E-state index contributed by atoms with van der Waals surface area (Å²) in [4.78, 5) is 48.6. The SMILES string of the molecule is COc1ccc(/C(N=NC(=O)c2ccc(N3C(=O)/C(=C/c4c(-c5ccccc5)[nH]c5ccccc45)N=C3c3ccccc3)cc2)=N\Nc2cccc([N+](=O)[O-])c2)cc1OC. The number of amides is 2. The summed E-state index contributed by atoms with van der Waals surface area (Å²) in [6.45, 7) is 0. The molecular weight excluding hydrogens is 761 g/mol. The van der Waals surface area contributed by atoms with E-state index in [-0.39, 0.29) is 28.7 Å². The number of carbonyl (C=O) groups excluding carboxylic acids is 2. The summed E-state index contributed by atoms with van der Waals surface area (Å²) in [6.07, 6.45) is 1.82. The number of ether oxygens (including phenoxy) is 2. The topological polar surface area (TPSA) is 176 Å². The second kappa shape index (κ2) is 16.9. The molecule has 14 nitrogen and oxygen atoms in total. The minimum Gasteiger partial charge on any atom is -0.493 e. The molecule has 2 N–H and O–H groups in total. The van der Waals surface area contributed by atoms with Gasteiger partial charge in [-0.05, 0) is 66.2 Å². The molecule has 1 aliphatic heterocycles. The largest absolute Gasteiger partial charge is 0.493 e. The number of azo groups is 1. The summed E-state index contributed by atoms with van der Waals surface area (Å²) >= 11 is 0. The first-order valence-electron chi connectivity index (χ1n) is 18.5. The lowest BCUT2D eigenvalue weighted by atomic mass is 10.0. The van der Waals surface area contributed by atoms with Gasteiger partial charge in [-0.25, -0.2) is 4.99 Å². The molecule has 0 spiro atoms. The highest BCUT2D eigenvalue weighted by molar-refractivity contribution is 6.33. The number of H-pyrrole nitrogens is 1. The molecule has 0 saturated carbocycles. The van der Waals surface area contributed by atoms with Crippen LogP contribution in [0, 0.1) is 10.1 Å². The number of anilines is 2. The zero-order chi connectivity index (χ0) is 41.6. The van der Waals surface area contributed by atoms with Gasteiger partial charge in [0.15, 0.2) is 11.5 Å². The molecule has 0 radical (unpaired) electrons. The Morgan fingerprint density at radius 1 is 0.767 bits per heavy atom. The van der Waals surface area contributed by atoms with Crippen LogP contribution in [-0.2, 0) is 4.79 Å². The molecule has 60 heavy (non-hydrogen) atoms. The number of para-hydroxylation sites is 1. The summed E-state index contributed by atoms with van der Waals surface area (Å²) in [5.74, 6) is 0.200. The Morgan fingerprint density at radius 3 is 2.17 bits per heavy atom. The highest BCUT2D eigenvalue weighted by Gasteiger charge is 2.33. The van der Waals surface area contributed by atoms with Crippen LogP contribution in [0.1, 0.15) is 27.0 Å². The number of hydrazone groups is 1. The van der Waals surface area contributed by atoms with E-state index in [1.165, 1.54) is 37.3 Å². The van der Waals surface area contributed by atoms with E-state index in [1.54, 1.807) is 48.5 Å². The van der Waals surface area contributed by atoms with Crippen LogP contribution in [0.2, 0.25) is 0 Å². The molecule has 0 bridgehead atoms. The molecule has 294 valence electrons. The lowest BCUT2D eigenvalue weighted by Gasteiger charge is -2.18. The molecule has 14 heteroatoms. The van der Waals surface area contributed by atoms with Crippen molar-refractivity contribution in [2.75, 3.05) is 24.5 Å². The van der Waals surface area contributed by atoms with Crippen LogP contribution in [0.3, 0.4) is 0 Å². The number of nitrogens with zero attached hydrogens (tertiary/aromatic N) is 6. The number of amidine groups is 2. The Hall–Kier alpha value is -8.52. The van der Waals surface area contributed by atoms with Gasteiger partial charge in [-0.15, -0.1) is 10.2 Å². The summed E-state index contributed by atoms with van der Waals surface area (Å²) < 4.78 is 10.8. The number of hydrogen-bond donors (Lipinski definition) is 2. The van der Waals surface area contributed by atoms with Gasteiger partial charge in [-0.2, -0.15) is 5.10 Å². The Bertz CT molecular complexity index is 2890. The normalized spacial score (nSPS) is 13.5. The zero-order valence-corrected chi connectivity index (χ0v) is 32.1. The monoisotopic (exact) mass is 794 g/mol. The predicted octanol–water partition coefficient (Wildman–Crippen LogP) is 9.66. The van der Waals surface area contributed by atoms with Crippen molar-refractivity contribution in [1.29, 1.82) is 0 Å². The van der Waals surface area contributed by atoms with E-state index < -0.39 is 10.8 Å². The van der Waals surface area contributed by atoms with Crippen LogP contribution in [0.5, 0.6) is 11.5 Å². The van der Waals surface area contributed by atoms with E-state index in [0.29, 0.717) is 34.3 Å². The molecule has 1 aromatic heterocycles. The summed E-state index contributed by atoms with van der Waals surface area (Å²) in [5.41, 5.74) is 8.57. The average molecular weight is 795 g/mol. The number of methoxy groups -OCH3 is 2. The smallest absolute Gasteiger partial charge is 0.295 e. The number of aliphatic imine (C=N–C) groups is 1. The third kappa shape index (κ3) is 7.88. The molecule has 7 aromatic rings. The fourth-order valence-electron chi connectivity index (χ4n) is 6.65. The fraction of sp³-hybridized carbons (Fsp3) is 0.0435. The van der Waals surface area contributed by atoms with Crippen molar-refractivity contribution in [3.8, 4) is 22.8 Å². The van der Waals surface area contributed by atoms with Crippen molar-refractivity contribution in [2.24, 2.45) is 20.3 Å². The van der Waals surface area contributed by atoms with E-state index in [1.807, 2.05) is 91.0 Å². The number of hydrogen-bond acceptors (Lipinski definition) is 9. The molecule has 1 aliphatic rings. The number of rotatable bonds is 11. The summed E-state index contributed by atoms with van der Waals surface area (Å²) in [5, 5.41) is 24.7. The molecule has 2 amide bonds. The molecule has 0 saturated heterocycles. The number of nitrogens with one attached hydrogen (secondary N) is 2. The number of nitro groups is 1. The van der Waals surface area contributed by atoms with Gasteiger partial charge >= 0.3 is 0 Å². The molecule has 8 rings (SSSR count). The van der Waals surface area contributed by atoms with E-state index in [9.17, 15) is 19.7 Å². The summed E-state index contributed by atoms with van der Waals surface area (Å²) in [6, 6.07) is 44.3. The lowest BCUT2D eigenvalue weighted by Crippen LogP contribution is -2.32. The average Bonchev–Trinajstić information content (AvgIpc) is 3.83. The molecular formula is C46H34N8O6. The molecule has 0 aliphatic carbocycles. The first-order valence-corrected chi connectivity index (χ1v) is 18.5. The Balaban J connectivity index is 1.10. The maximum Gasteiger partial charge on any atom is 0.295 e.